The first-order valence-corrected chi connectivity index (χ1v) is 8.35. The summed E-state index contributed by atoms with van der Waals surface area (Å²) in [6.07, 6.45) is 0. The summed E-state index contributed by atoms with van der Waals surface area (Å²) in [7, 11) is 0. The minimum absolute atomic E-state index is 0.286. The summed E-state index contributed by atoms with van der Waals surface area (Å²) in [6.45, 7) is 3.02. The molecule has 0 bridgehead atoms. The van der Waals surface area contributed by atoms with Crippen LogP contribution in [0, 0.1) is 13.8 Å². The molecule has 3 aromatic rings. The Balaban J connectivity index is 1.56. The van der Waals surface area contributed by atoms with Gasteiger partial charge in [-0.1, -0.05) is 29.8 Å². The van der Waals surface area contributed by atoms with Gasteiger partial charge in [0.1, 0.15) is 11.3 Å². The van der Waals surface area contributed by atoms with Gasteiger partial charge in [-0.05, 0) is 31.5 Å². The number of carbonyl (C=O) groups excluding carboxylic acids is 2. The summed E-state index contributed by atoms with van der Waals surface area (Å²) in [6, 6.07) is 13.4. The van der Waals surface area contributed by atoms with Crippen LogP contribution in [-0.4, -0.2) is 25.0 Å². The second kappa shape index (κ2) is 7.86. The molecule has 0 aliphatic rings. The molecule has 2 aromatic carbocycles. The minimum atomic E-state index is -0.666. The molecule has 0 fully saturated rings. The Kier molecular flexibility index (Phi) is 5.35. The first kappa shape index (κ1) is 18.4. The van der Waals surface area contributed by atoms with Crippen LogP contribution in [0.1, 0.15) is 21.5 Å². The predicted molar refractivity (Wildman–Crippen MR) is 99.2 cm³/mol. The van der Waals surface area contributed by atoms with E-state index in [4.69, 9.17) is 13.9 Å². The highest BCUT2D eigenvalue weighted by atomic mass is 16.6. The summed E-state index contributed by atoms with van der Waals surface area (Å²) in [5.41, 5.74) is 2.24. The highest BCUT2D eigenvalue weighted by Gasteiger charge is 2.11. The third kappa shape index (κ3) is 4.61. The van der Waals surface area contributed by atoms with E-state index in [0.717, 1.165) is 16.5 Å². The third-order valence-electron chi connectivity index (χ3n) is 4.02. The van der Waals surface area contributed by atoms with Crippen LogP contribution in [0.4, 0.5) is 0 Å². The van der Waals surface area contributed by atoms with Gasteiger partial charge in [0, 0.05) is 23.1 Å². The van der Waals surface area contributed by atoms with E-state index >= 15 is 0 Å². The van der Waals surface area contributed by atoms with Gasteiger partial charge in [-0.3, -0.25) is 4.79 Å². The van der Waals surface area contributed by atoms with Gasteiger partial charge in [-0.2, -0.15) is 0 Å². The van der Waals surface area contributed by atoms with Crippen molar-refractivity contribution in [3.63, 3.8) is 0 Å². The van der Waals surface area contributed by atoms with Crippen LogP contribution < -0.4 is 10.4 Å². The van der Waals surface area contributed by atoms with Crippen molar-refractivity contribution in [2.24, 2.45) is 0 Å². The van der Waals surface area contributed by atoms with Crippen molar-refractivity contribution in [2.75, 3.05) is 13.2 Å². The molecule has 0 N–H and O–H groups in total. The van der Waals surface area contributed by atoms with Crippen molar-refractivity contribution in [3.8, 4) is 5.75 Å². The minimum Gasteiger partial charge on any atom is -0.482 e. The molecule has 6 nitrogen and oxygen atoms in total. The molecule has 1 heterocycles. The second-order valence-corrected chi connectivity index (χ2v) is 6.14. The number of benzene rings is 2. The average molecular weight is 366 g/mol. The Hall–Kier alpha value is -3.41. The molecule has 0 saturated carbocycles. The maximum absolute atomic E-state index is 12.0. The fourth-order valence-corrected chi connectivity index (χ4v) is 2.55. The zero-order chi connectivity index (χ0) is 19.4. The maximum atomic E-state index is 12.0. The fourth-order valence-electron chi connectivity index (χ4n) is 2.55. The first-order chi connectivity index (χ1) is 12.9. The summed E-state index contributed by atoms with van der Waals surface area (Å²) in [5.74, 6) is -0.592. The van der Waals surface area contributed by atoms with Crippen molar-refractivity contribution in [3.05, 3.63) is 75.6 Å². The van der Waals surface area contributed by atoms with E-state index < -0.39 is 11.6 Å². The van der Waals surface area contributed by atoms with Gasteiger partial charge in [0.2, 0.25) is 0 Å². The second-order valence-electron chi connectivity index (χ2n) is 6.14. The van der Waals surface area contributed by atoms with Crippen molar-refractivity contribution >= 4 is 22.7 Å². The van der Waals surface area contributed by atoms with Crippen LogP contribution in [0.25, 0.3) is 11.0 Å². The number of aryl methyl sites for hydroxylation is 2. The molecule has 0 saturated heterocycles. The molecular formula is C21H18O6. The molecular weight excluding hydrogens is 348 g/mol. The largest absolute Gasteiger partial charge is 0.482 e. The van der Waals surface area contributed by atoms with Crippen LogP contribution in [0.3, 0.4) is 0 Å². The topological polar surface area (TPSA) is 82.8 Å². The Labute approximate surface area is 155 Å². The van der Waals surface area contributed by atoms with E-state index in [1.54, 1.807) is 24.3 Å². The Bertz CT molecular complexity index is 1050. The van der Waals surface area contributed by atoms with Crippen molar-refractivity contribution in [2.45, 2.75) is 13.8 Å². The molecule has 0 radical (unpaired) electrons. The normalized spacial score (nSPS) is 10.6. The number of carbonyl (C=O) groups is 2. The Morgan fingerprint density at radius 3 is 2.44 bits per heavy atom. The fraction of sp³-hybridized carbons (Fsp3) is 0.190. The average Bonchev–Trinajstić information content (AvgIpc) is 2.64. The molecule has 6 heteroatoms. The lowest BCUT2D eigenvalue weighted by molar-refractivity contribution is -0.144. The molecule has 0 aliphatic heterocycles. The maximum Gasteiger partial charge on any atom is 0.344 e. The van der Waals surface area contributed by atoms with Crippen molar-refractivity contribution in [1.82, 2.24) is 0 Å². The van der Waals surface area contributed by atoms with Gasteiger partial charge in [-0.15, -0.1) is 0 Å². The number of fused-ring (bicyclic) bond motifs is 1. The number of rotatable bonds is 6. The predicted octanol–water partition coefficient (Wildman–Crippen LogP) is 3.21. The molecule has 1 aromatic heterocycles. The van der Waals surface area contributed by atoms with E-state index in [1.165, 1.54) is 12.1 Å². The Morgan fingerprint density at radius 2 is 1.70 bits per heavy atom. The molecule has 3 rings (SSSR count). The standard InChI is InChI=1S/C21H18O6/c1-13-3-5-15(6-4-13)18(22)11-26-21(24)12-25-16-7-8-17-14(2)9-20(23)27-19(17)10-16/h3-10H,11-12H2,1-2H3. The van der Waals surface area contributed by atoms with Gasteiger partial charge >= 0.3 is 11.6 Å². The van der Waals surface area contributed by atoms with Gasteiger partial charge in [0.25, 0.3) is 0 Å². The number of hydrogen-bond donors (Lipinski definition) is 0. The van der Waals surface area contributed by atoms with Crippen LogP contribution in [0.5, 0.6) is 5.75 Å². The Morgan fingerprint density at radius 1 is 0.963 bits per heavy atom. The molecule has 0 atom stereocenters. The summed E-state index contributed by atoms with van der Waals surface area (Å²) in [5, 5.41) is 0.785. The van der Waals surface area contributed by atoms with Crippen LogP contribution in [0.15, 0.2) is 57.7 Å². The van der Waals surface area contributed by atoms with Crippen LogP contribution in [-0.2, 0) is 9.53 Å². The van der Waals surface area contributed by atoms with E-state index in [-0.39, 0.29) is 19.0 Å². The molecule has 0 aliphatic carbocycles. The third-order valence-corrected chi connectivity index (χ3v) is 4.02. The van der Waals surface area contributed by atoms with E-state index in [2.05, 4.69) is 0 Å². The molecule has 0 spiro atoms. The smallest absolute Gasteiger partial charge is 0.344 e. The zero-order valence-corrected chi connectivity index (χ0v) is 15.0. The lowest BCUT2D eigenvalue weighted by atomic mass is 10.1. The summed E-state index contributed by atoms with van der Waals surface area (Å²) < 4.78 is 15.4. The van der Waals surface area contributed by atoms with E-state index in [1.807, 2.05) is 26.0 Å². The molecule has 138 valence electrons. The van der Waals surface area contributed by atoms with Gasteiger partial charge in [0.15, 0.2) is 19.0 Å². The molecule has 27 heavy (non-hydrogen) atoms. The number of Topliss-reactive ketones (excluding diaryl/α,β-unsaturated/α-hetero) is 1. The quantitative estimate of drug-likeness (QED) is 0.378. The SMILES string of the molecule is Cc1ccc(C(=O)COC(=O)COc2ccc3c(C)cc(=O)oc3c2)cc1. The zero-order valence-electron chi connectivity index (χ0n) is 15.0. The van der Waals surface area contributed by atoms with Crippen LogP contribution >= 0.6 is 0 Å². The van der Waals surface area contributed by atoms with Crippen molar-refractivity contribution < 1.29 is 23.5 Å². The molecule has 0 unspecified atom stereocenters. The number of ketones is 1. The molecule has 0 amide bonds. The van der Waals surface area contributed by atoms with Crippen LogP contribution in [0.2, 0.25) is 0 Å². The number of ether oxygens (including phenoxy) is 2. The first-order valence-electron chi connectivity index (χ1n) is 8.35. The van der Waals surface area contributed by atoms with Gasteiger partial charge in [-0.25, -0.2) is 9.59 Å². The summed E-state index contributed by atoms with van der Waals surface area (Å²) >= 11 is 0. The van der Waals surface area contributed by atoms with Gasteiger partial charge in [0.05, 0.1) is 0 Å². The number of hydrogen-bond acceptors (Lipinski definition) is 6. The van der Waals surface area contributed by atoms with E-state index in [0.29, 0.717) is 16.9 Å². The van der Waals surface area contributed by atoms with Crippen molar-refractivity contribution in [1.29, 1.82) is 0 Å². The highest BCUT2D eigenvalue weighted by Crippen LogP contribution is 2.22. The highest BCUT2D eigenvalue weighted by molar-refractivity contribution is 5.98. The lowest BCUT2D eigenvalue weighted by Crippen LogP contribution is -2.19. The van der Waals surface area contributed by atoms with Gasteiger partial charge < -0.3 is 13.9 Å². The monoisotopic (exact) mass is 366 g/mol. The lowest BCUT2D eigenvalue weighted by Gasteiger charge is -2.08. The summed E-state index contributed by atoms with van der Waals surface area (Å²) in [4.78, 5) is 35.2. The van der Waals surface area contributed by atoms with E-state index in [9.17, 15) is 14.4 Å². The number of esters is 1.